The van der Waals surface area contributed by atoms with Gasteiger partial charge in [0.1, 0.15) is 24.2 Å². The molecule has 1 aliphatic heterocycles. The lowest BCUT2D eigenvalue weighted by Crippen LogP contribution is -2.32. The number of esters is 1. The number of carbonyl (C=O) groups is 2. The molecule has 1 fully saturated rings. The highest BCUT2D eigenvalue weighted by Gasteiger charge is 2.40. The van der Waals surface area contributed by atoms with Crippen molar-refractivity contribution in [1.29, 1.82) is 0 Å². The van der Waals surface area contributed by atoms with Gasteiger partial charge in [-0.25, -0.2) is 9.36 Å². The maximum atomic E-state index is 11.9. The van der Waals surface area contributed by atoms with Crippen LogP contribution in [-0.4, -0.2) is 52.1 Å². The molecule has 2 rings (SSSR count). The fraction of sp³-hybridized carbons (Fsp3) is 0.600. The third kappa shape index (κ3) is 6.21. The number of hydrogen-bond acceptors (Lipinski definition) is 9. The maximum Gasteiger partial charge on any atom is 0.472 e. The fourth-order valence-corrected chi connectivity index (χ4v) is 2.97. The highest BCUT2D eigenvalue weighted by atomic mass is 31.2. The Balaban J connectivity index is 2.14. The molecule has 0 aromatic carbocycles. The average Bonchev–Trinajstić information content (AvgIpc) is 3.00. The van der Waals surface area contributed by atoms with E-state index in [9.17, 15) is 28.6 Å². The van der Waals surface area contributed by atoms with Crippen molar-refractivity contribution in [3.8, 4) is 0 Å². The molecular weight excluding hydrogens is 399 g/mol. The summed E-state index contributed by atoms with van der Waals surface area (Å²) in [6, 6.07) is 1.12. The van der Waals surface area contributed by atoms with Crippen LogP contribution in [0.15, 0.2) is 21.9 Å². The topological polar surface area (TPSA) is 163 Å². The number of Topliss-reactive ketones (excluding diaryl/α,β-unsaturated/α-hetero) is 1. The third-order valence-corrected chi connectivity index (χ3v) is 4.88. The first kappa shape index (κ1) is 22.2. The van der Waals surface area contributed by atoms with Gasteiger partial charge in [0.05, 0.1) is 13.0 Å². The van der Waals surface area contributed by atoms with Gasteiger partial charge < -0.3 is 19.2 Å². The van der Waals surface area contributed by atoms with E-state index < -0.39 is 50.1 Å². The Morgan fingerprint density at radius 2 is 2.11 bits per heavy atom. The van der Waals surface area contributed by atoms with E-state index in [-0.39, 0.29) is 25.0 Å². The van der Waals surface area contributed by atoms with Crippen LogP contribution in [0, 0.1) is 0 Å². The molecule has 13 heteroatoms. The van der Waals surface area contributed by atoms with E-state index in [1.807, 2.05) is 0 Å². The van der Waals surface area contributed by atoms with Crippen LogP contribution in [0.2, 0.25) is 0 Å². The first-order valence-electron chi connectivity index (χ1n) is 8.30. The maximum absolute atomic E-state index is 11.9. The molecule has 1 saturated heterocycles. The van der Waals surface area contributed by atoms with Crippen LogP contribution in [0.1, 0.15) is 32.4 Å². The van der Waals surface area contributed by atoms with E-state index in [2.05, 4.69) is 9.51 Å². The molecule has 0 amide bonds. The Morgan fingerprint density at radius 3 is 2.71 bits per heavy atom. The van der Waals surface area contributed by atoms with Crippen molar-refractivity contribution in [3.63, 3.8) is 0 Å². The van der Waals surface area contributed by atoms with Gasteiger partial charge in [-0.15, -0.1) is 0 Å². The van der Waals surface area contributed by atoms with Gasteiger partial charge in [0.15, 0.2) is 0 Å². The second-order valence-electron chi connectivity index (χ2n) is 6.06. The molecule has 1 aliphatic rings. The minimum atomic E-state index is -4.30. The Hall–Kier alpha value is -2.11. The summed E-state index contributed by atoms with van der Waals surface area (Å²) in [7, 11) is -3.32. The molecule has 0 bridgehead atoms. The quantitative estimate of drug-likeness (QED) is 0.406. The second kappa shape index (κ2) is 9.39. The number of carbonyl (C=O) groups excluding carboxylic acids is 2. The number of aromatic amines is 1. The molecule has 1 aromatic heterocycles. The lowest BCUT2D eigenvalue weighted by atomic mass is 10.2. The predicted molar refractivity (Wildman–Crippen MR) is 92.4 cm³/mol. The van der Waals surface area contributed by atoms with Crippen LogP contribution in [0.25, 0.3) is 0 Å². The van der Waals surface area contributed by atoms with Crippen LogP contribution >= 0.6 is 7.82 Å². The van der Waals surface area contributed by atoms with Gasteiger partial charge in [-0.2, -0.15) is 0 Å². The van der Waals surface area contributed by atoms with E-state index in [1.54, 1.807) is 0 Å². The SMILES string of the molecule is COP(=O)(O)OCC1OC(n2ccc(=O)[nH]c2=O)CC1OC(=O)CCC(C)=O. The van der Waals surface area contributed by atoms with Crippen molar-refractivity contribution in [2.45, 2.75) is 44.6 Å². The first-order chi connectivity index (χ1) is 13.1. The molecule has 12 nitrogen and oxygen atoms in total. The third-order valence-electron chi connectivity index (χ3n) is 3.94. The Bertz CT molecular complexity index is 878. The van der Waals surface area contributed by atoms with Crippen LogP contribution < -0.4 is 11.2 Å². The highest BCUT2D eigenvalue weighted by molar-refractivity contribution is 7.47. The largest absolute Gasteiger partial charge is 0.472 e. The molecule has 28 heavy (non-hydrogen) atoms. The molecule has 0 aliphatic carbocycles. The second-order valence-corrected chi connectivity index (χ2v) is 7.62. The summed E-state index contributed by atoms with van der Waals surface area (Å²) in [6.45, 7) is 0.881. The standard InChI is InChI=1S/C15H21N2O10P/c1-9(18)3-4-14(20)27-10-7-13(17-6-5-12(19)16-15(17)21)26-11(10)8-25-28(22,23)24-2/h5-6,10-11,13H,3-4,7-8H2,1-2H3,(H,22,23)(H,16,19,21). The van der Waals surface area contributed by atoms with E-state index in [4.69, 9.17) is 14.0 Å². The molecule has 0 saturated carbocycles. The lowest BCUT2D eigenvalue weighted by molar-refractivity contribution is -0.153. The van der Waals surface area contributed by atoms with Crippen molar-refractivity contribution >= 4 is 19.6 Å². The molecule has 4 unspecified atom stereocenters. The first-order valence-corrected chi connectivity index (χ1v) is 9.80. The molecular formula is C15H21N2O10P. The number of rotatable bonds is 9. The number of aromatic nitrogens is 2. The molecule has 1 aromatic rings. The Labute approximate surface area is 159 Å². The number of ketones is 1. The zero-order chi connectivity index (χ0) is 20.9. The molecule has 2 heterocycles. The lowest BCUT2D eigenvalue weighted by Gasteiger charge is -2.19. The zero-order valence-corrected chi connectivity index (χ0v) is 16.1. The van der Waals surface area contributed by atoms with Gasteiger partial charge in [-0.3, -0.25) is 28.2 Å². The average molecular weight is 420 g/mol. The van der Waals surface area contributed by atoms with Gasteiger partial charge in [0.25, 0.3) is 5.56 Å². The van der Waals surface area contributed by atoms with Gasteiger partial charge in [0, 0.05) is 32.2 Å². The van der Waals surface area contributed by atoms with Crippen molar-refractivity contribution in [2.75, 3.05) is 13.7 Å². The zero-order valence-electron chi connectivity index (χ0n) is 15.2. The molecule has 2 N–H and O–H groups in total. The van der Waals surface area contributed by atoms with Crippen molar-refractivity contribution in [1.82, 2.24) is 9.55 Å². The number of H-pyrrole nitrogens is 1. The van der Waals surface area contributed by atoms with E-state index >= 15 is 0 Å². The molecule has 0 spiro atoms. The highest BCUT2D eigenvalue weighted by Crippen LogP contribution is 2.43. The van der Waals surface area contributed by atoms with Crippen LogP contribution in [0.4, 0.5) is 0 Å². The molecule has 156 valence electrons. The Kier molecular flexibility index (Phi) is 7.44. The summed E-state index contributed by atoms with van der Waals surface area (Å²) < 4.78 is 32.6. The smallest absolute Gasteiger partial charge is 0.459 e. The minimum absolute atomic E-state index is 0.00586. The number of phosphoric ester groups is 1. The van der Waals surface area contributed by atoms with Gasteiger partial charge in [-0.05, 0) is 6.92 Å². The number of hydrogen-bond donors (Lipinski definition) is 2. The monoisotopic (exact) mass is 420 g/mol. The van der Waals surface area contributed by atoms with Crippen molar-refractivity contribution in [2.24, 2.45) is 0 Å². The Morgan fingerprint density at radius 1 is 1.39 bits per heavy atom. The van der Waals surface area contributed by atoms with Gasteiger partial charge >= 0.3 is 19.5 Å². The van der Waals surface area contributed by atoms with Crippen molar-refractivity contribution in [3.05, 3.63) is 33.1 Å². The molecule has 0 radical (unpaired) electrons. The van der Waals surface area contributed by atoms with Gasteiger partial charge in [-0.1, -0.05) is 0 Å². The minimum Gasteiger partial charge on any atom is -0.459 e. The fourth-order valence-electron chi connectivity index (χ4n) is 2.53. The molecule has 4 atom stereocenters. The van der Waals surface area contributed by atoms with Crippen LogP contribution in [0.5, 0.6) is 0 Å². The summed E-state index contributed by atoms with van der Waals surface area (Å²) in [5.74, 6) is -0.847. The van der Waals surface area contributed by atoms with E-state index in [0.717, 1.165) is 17.7 Å². The van der Waals surface area contributed by atoms with Crippen LogP contribution in [-0.2, 0) is 32.7 Å². The summed E-state index contributed by atoms with van der Waals surface area (Å²) in [5.41, 5.74) is -1.32. The van der Waals surface area contributed by atoms with E-state index in [1.165, 1.54) is 13.1 Å². The summed E-state index contributed by atoms with van der Waals surface area (Å²) in [5, 5.41) is 0. The summed E-state index contributed by atoms with van der Waals surface area (Å²) >= 11 is 0. The summed E-state index contributed by atoms with van der Waals surface area (Å²) in [6.07, 6.45) is -1.71. The normalized spacial score (nSPS) is 23.9. The number of ether oxygens (including phenoxy) is 2. The number of nitrogens with zero attached hydrogens (tertiary/aromatic N) is 1. The summed E-state index contributed by atoms with van der Waals surface area (Å²) in [4.78, 5) is 57.6. The number of nitrogens with one attached hydrogen (secondary N) is 1. The van der Waals surface area contributed by atoms with Crippen LogP contribution in [0.3, 0.4) is 0 Å². The van der Waals surface area contributed by atoms with Crippen molar-refractivity contribution < 1.29 is 37.6 Å². The predicted octanol–water partition coefficient (Wildman–Crippen LogP) is -0.132. The van der Waals surface area contributed by atoms with E-state index in [0.29, 0.717) is 0 Å². The van der Waals surface area contributed by atoms with Gasteiger partial charge in [0.2, 0.25) is 0 Å². The number of phosphoric acid groups is 1.